The number of aromatic nitrogens is 4. The molecule has 4 aromatic carbocycles. The van der Waals surface area contributed by atoms with Crippen molar-refractivity contribution >= 4 is 40.7 Å². The summed E-state index contributed by atoms with van der Waals surface area (Å²) in [5, 5.41) is 52.3. The first-order valence-electron chi connectivity index (χ1n) is 26.9. The zero-order valence-electron chi connectivity index (χ0n) is 48.8. The lowest BCUT2D eigenvalue weighted by atomic mass is 9.87. The van der Waals surface area contributed by atoms with E-state index in [1.807, 2.05) is 65.4 Å². The third-order valence-corrected chi connectivity index (χ3v) is 13.6. The van der Waals surface area contributed by atoms with E-state index in [-0.39, 0.29) is 24.3 Å². The number of aryl methyl sites for hydroxylation is 4. The first-order valence-corrected chi connectivity index (χ1v) is 26.9. The van der Waals surface area contributed by atoms with Crippen molar-refractivity contribution in [1.82, 2.24) is 28.6 Å². The second kappa shape index (κ2) is 28.7. The fourth-order valence-electron chi connectivity index (χ4n) is 9.21. The number of aromatic hydroxyl groups is 1. The molecule has 2 amide bonds. The fraction of sp³-hybridized carbons (Fsp3) is 0.344. The molecule has 0 bridgehead atoms. The minimum absolute atomic E-state index is 0.0156. The van der Waals surface area contributed by atoms with E-state index in [2.05, 4.69) is 126 Å². The van der Waals surface area contributed by atoms with Crippen LogP contribution in [0.15, 0.2) is 128 Å². The molecule has 17 heteroatoms. The summed E-state index contributed by atoms with van der Waals surface area (Å²) in [4.78, 5) is 59.2. The number of phenolic OH excluding ortho intramolecular Hbond substituents is 1. The van der Waals surface area contributed by atoms with Crippen molar-refractivity contribution < 1.29 is 49.8 Å². The van der Waals surface area contributed by atoms with Crippen LogP contribution >= 0.6 is 0 Å². The van der Waals surface area contributed by atoms with Gasteiger partial charge in [-0.25, -0.2) is 19.6 Å². The average Bonchev–Trinajstić information content (AvgIpc) is 4.18. The Hall–Kier alpha value is -8.38. The number of pyridine rings is 2. The third-order valence-electron chi connectivity index (χ3n) is 13.6. The first-order chi connectivity index (χ1) is 38.3. The SMILES string of the molecule is CCC(c1cccc(N(C(C)C)C(C)C)c1)c1cc(CO)ccc1O.Cc1ccc(-c2nc3ccc(C)cn3c2CC(=O)N(C)C)cc1.Cc1ccc(-c2nc3ccc(C)cn3c2CC(=O)N(C)C)cc1.O=C(O)C(O)C(O)C(=O)O. The summed E-state index contributed by atoms with van der Waals surface area (Å²) in [5.74, 6) is -3.00. The first kappa shape index (κ1) is 63.5. The number of nitrogens with zero attached hydrogens (tertiary/aromatic N) is 7. The number of anilines is 1. The van der Waals surface area contributed by atoms with Crippen LogP contribution in [0.2, 0.25) is 0 Å². The average molecular weight is 1110 g/mol. The Labute approximate surface area is 475 Å². The van der Waals surface area contributed by atoms with Crippen LogP contribution in [0.1, 0.15) is 97.3 Å². The number of carboxylic acid groups (broad SMARTS) is 2. The molecule has 0 fully saturated rings. The standard InChI is InChI=1S/C22H31NO2.2C19H21N3O.C4H6O6/c1-6-20(21-12-17(14-24)10-11-22(21)25)18-8-7-9-19(13-18)23(15(2)3)16(4)5;2*1-13-5-8-15(9-6-13)19-16(11-18(23)21(3)4)22-12-14(2)7-10-17(22)20-19;5-1(3(7)8)2(6)4(9)10/h7-13,15-16,20,24-25H,6,14H2,1-5H3;2*5-10,12H,11H2,1-4H3;1-2,5-6H,(H,7,8)(H,9,10). The Morgan fingerprint density at radius 2 is 0.988 bits per heavy atom. The zero-order chi connectivity index (χ0) is 60.0. The van der Waals surface area contributed by atoms with E-state index in [0.717, 1.165) is 73.9 Å². The zero-order valence-corrected chi connectivity index (χ0v) is 48.8. The predicted octanol–water partition coefficient (Wildman–Crippen LogP) is 9.42. The Kier molecular flexibility index (Phi) is 22.5. The molecule has 3 atom stereocenters. The van der Waals surface area contributed by atoms with E-state index < -0.39 is 24.1 Å². The lowest BCUT2D eigenvalue weighted by molar-refractivity contribution is -0.165. The maximum absolute atomic E-state index is 12.3. The number of imidazole rings is 2. The van der Waals surface area contributed by atoms with E-state index in [9.17, 15) is 29.4 Å². The van der Waals surface area contributed by atoms with Gasteiger partial charge in [0.1, 0.15) is 17.0 Å². The number of likely N-dealkylation sites (N-methyl/N-ethyl adjacent to an activating group) is 2. The molecular formula is C64H79N7O10. The van der Waals surface area contributed by atoms with Gasteiger partial charge in [-0.05, 0) is 120 Å². The number of benzene rings is 4. The van der Waals surface area contributed by atoms with Crippen LogP contribution in [-0.4, -0.2) is 135 Å². The van der Waals surface area contributed by atoms with Crippen LogP contribution in [0.5, 0.6) is 5.75 Å². The molecule has 0 aliphatic carbocycles. The van der Waals surface area contributed by atoms with Gasteiger partial charge < -0.3 is 54.1 Å². The number of carboxylic acids is 2. The third kappa shape index (κ3) is 16.6. The minimum atomic E-state index is -2.27. The van der Waals surface area contributed by atoms with Crippen molar-refractivity contribution in [2.45, 2.75) is 118 Å². The second-order valence-corrected chi connectivity index (χ2v) is 21.1. The summed E-state index contributed by atoms with van der Waals surface area (Å²) in [6, 6.07) is 39.4. The van der Waals surface area contributed by atoms with Gasteiger partial charge in [-0.3, -0.25) is 9.59 Å². The molecule has 17 nitrogen and oxygen atoms in total. The van der Waals surface area contributed by atoms with Crippen LogP contribution in [0.3, 0.4) is 0 Å². The van der Waals surface area contributed by atoms with Crippen LogP contribution < -0.4 is 4.90 Å². The summed E-state index contributed by atoms with van der Waals surface area (Å²) in [6.45, 7) is 19.2. The monoisotopic (exact) mass is 1110 g/mol. The Morgan fingerprint density at radius 1 is 0.568 bits per heavy atom. The number of hydrogen-bond acceptors (Lipinski definition) is 11. The molecule has 3 unspecified atom stereocenters. The summed E-state index contributed by atoms with van der Waals surface area (Å²) < 4.78 is 4.07. The maximum Gasteiger partial charge on any atom is 0.335 e. The molecule has 0 saturated carbocycles. The molecule has 8 rings (SSSR count). The van der Waals surface area contributed by atoms with Crippen molar-refractivity contribution in [3.8, 4) is 28.3 Å². The molecule has 0 aliphatic heterocycles. The smallest absolute Gasteiger partial charge is 0.335 e. The van der Waals surface area contributed by atoms with Gasteiger partial charge in [0.05, 0.1) is 42.2 Å². The Bertz CT molecular complexity index is 3240. The highest BCUT2D eigenvalue weighted by Gasteiger charge is 2.29. The lowest BCUT2D eigenvalue weighted by Crippen LogP contribution is -2.39. The molecule has 0 spiro atoms. The Morgan fingerprint density at radius 3 is 1.36 bits per heavy atom. The van der Waals surface area contributed by atoms with Gasteiger partial charge in [0.25, 0.3) is 0 Å². The number of hydrogen-bond donors (Lipinski definition) is 6. The molecule has 4 heterocycles. The van der Waals surface area contributed by atoms with Gasteiger partial charge in [-0.2, -0.15) is 0 Å². The number of phenols is 1. The topological polar surface area (TPSA) is 234 Å². The van der Waals surface area contributed by atoms with Crippen molar-refractivity contribution in [2.75, 3.05) is 33.1 Å². The number of aliphatic carboxylic acids is 2. The summed E-state index contributed by atoms with van der Waals surface area (Å²) in [6.07, 6.45) is 1.10. The van der Waals surface area contributed by atoms with E-state index in [1.165, 1.54) is 22.4 Å². The molecule has 0 radical (unpaired) electrons. The van der Waals surface area contributed by atoms with Gasteiger partial charge in [0.15, 0.2) is 12.2 Å². The number of rotatable bonds is 16. The lowest BCUT2D eigenvalue weighted by Gasteiger charge is -2.34. The second-order valence-electron chi connectivity index (χ2n) is 21.1. The molecule has 0 aliphatic rings. The van der Waals surface area contributed by atoms with Gasteiger partial charge in [0.2, 0.25) is 11.8 Å². The summed E-state index contributed by atoms with van der Waals surface area (Å²) in [5.41, 5.74) is 16.3. The van der Waals surface area contributed by atoms with Crippen LogP contribution in [-0.2, 0) is 38.6 Å². The molecule has 6 N–H and O–H groups in total. The van der Waals surface area contributed by atoms with Gasteiger partial charge in [-0.15, -0.1) is 0 Å². The van der Waals surface area contributed by atoms with E-state index >= 15 is 0 Å². The quantitative estimate of drug-likeness (QED) is 0.0530. The Balaban J connectivity index is 0.000000206. The number of aliphatic hydroxyl groups is 3. The summed E-state index contributed by atoms with van der Waals surface area (Å²) >= 11 is 0. The molecule has 81 heavy (non-hydrogen) atoms. The number of carbonyl (C=O) groups is 4. The van der Waals surface area contributed by atoms with E-state index in [4.69, 9.17) is 30.4 Å². The molecular weight excluding hydrogens is 1030 g/mol. The highest BCUT2D eigenvalue weighted by molar-refractivity contribution is 5.84. The number of amides is 2. The predicted molar refractivity (Wildman–Crippen MR) is 318 cm³/mol. The molecule has 0 saturated heterocycles. The van der Waals surface area contributed by atoms with Gasteiger partial charge in [0, 0.05) is 81.0 Å². The maximum atomic E-state index is 12.3. The molecule has 4 aromatic heterocycles. The minimum Gasteiger partial charge on any atom is -0.508 e. The molecule has 430 valence electrons. The fourth-order valence-corrected chi connectivity index (χ4v) is 9.21. The highest BCUT2D eigenvalue weighted by atomic mass is 16.4. The van der Waals surface area contributed by atoms with Gasteiger partial charge in [-0.1, -0.05) is 96.9 Å². The summed E-state index contributed by atoms with van der Waals surface area (Å²) in [7, 11) is 7.12. The van der Waals surface area contributed by atoms with Crippen LogP contribution in [0, 0.1) is 27.7 Å². The van der Waals surface area contributed by atoms with E-state index in [0.29, 0.717) is 30.7 Å². The van der Waals surface area contributed by atoms with Crippen molar-refractivity contribution in [2.24, 2.45) is 0 Å². The number of fused-ring (bicyclic) bond motifs is 2. The number of aliphatic hydroxyl groups excluding tert-OH is 3. The van der Waals surface area contributed by atoms with Crippen molar-refractivity contribution in [1.29, 1.82) is 0 Å². The van der Waals surface area contributed by atoms with Crippen LogP contribution in [0.4, 0.5) is 5.69 Å². The van der Waals surface area contributed by atoms with Crippen molar-refractivity contribution in [3.05, 3.63) is 178 Å². The number of carbonyl (C=O) groups excluding carboxylic acids is 2. The van der Waals surface area contributed by atoms with Crippen molar-refractivity contribution in [3.63, 3.8) is 0 Å². The highest BCUT2D eigenvalue weighted by Crippen LogP contribution is 2.37. The largest absolute Gasteiger partial charge is 0.508 e. The van der Waals surface area contributed by atoms with Gasteiger partial charge >= 0.3 is 11.9 Å². The normalized spacial score (nSPS) is 12.1. The molecule has 8 aromatic rings. The van der Waals surface area contributed by atoms with E-state index in [1.54, 1.807) is 50.1 Å². The van der Waals surface area contributed by atoms with Crippen LogP contribution in [0.25, 0.3) is 33.8 Å².